The van der Waals surface area contributed by atoms with Crippen LogP contribution < -0.4 is 15.6 Å². The minimum Gasteiger partial charge on any atom is -0.477 e. The number of aromatic carboxylic acids is 1. The lowest BCUT2D eigenvalue weighted by atomic mass is 10.1. The van der Waals surface area contributed by atoms with Crippen molar-refractivity contribution in [3.8, 4) is 0 Å². The fourth-order valence-electron chi connectivity index (χ4n) is 4.35. The number of benzene rings is 1. The first kappa shape index (κ1) is 23.0. The summed E-state index contributed by atoms with van der Waals surface area (Å²) in [5.74, 6) is -3.38. The molecule has 1 saturated carbocycles. The van der Waals surface area contributed by atoms with Crippen LogP contribution in [0.2, 0.25) is 0 Å². The number of halogens is 2. The second-order valence-corrected chi connectivity index (χ2v) is 8.86. The molecule has 2 N–H and O–H groups in total. The van der Waals surface area contributed by atoms with Gasteiger partial charge in [-0.25, -0.2) is 18.4 Å². The van der Waals surface area contributed by atoms with Gasteiger partial charge < -0.3 is 24.6 Å². The van der Waals surface area contributed by atoms with E-state index in [1.165, 1.54) is 9.47 Å². The monoisotopic (exact) mass is 463 g/mol. The van der Waals surface area contributed by atoms with Crippen LogP contribution in [0.15, 0.2) is 17.1 Å². The highest BCUT2D eigenvalue weighted by Gasteiger charge is 2.36. The van der Waals surface area contributed by atoms with E-state index in [0.717, 1.165) is 37.9 Å². The quantitative estimate of drug-likeness (QED) is 0.608. The van der Waals surface area contributed by atoms with Gasteiger partial charge in [0.1, 0.15) is 17.1 Å². The first-order valence-corrected chi connectivity index (χ1v) is 11.2. The molecule has 2 fully saturated rings. The Balaban J connectivity index is 1.68. The predicted octanol–water partition coefficient (Wildman–Crippen LogP) is 3.66. The molecule has 8 nitrogen and oxygen atoms in total. The van der Waals surface area contributed by atoms with Gasteiger partial charge in [-0.05, 0) is 31.2 Å². The van der Waals surface area contributed by atoms with Crippen molar-refractivity contribution < 1.29 is 28.2 Å². The van der Waals surface area contributed by atoms with Crippen LogP contribution in [-0.2, 0) is 4.74 Å². The number of unbranched alkanes of at least 4 members (excludes halogenated alkanes) is 1. The third-order valence-corrected chi connectivity index (χ3v) is 6.32. The van der Waals surface area contributed by atoms with E-state index in [4.69, 9.17) is 4.74 Å². The highest BCUT2D eigenvalue weighted by atomic mass is 19.1. The lowest BCUT2D eigenvalue weighted by molar-refractivity contribution is 0.0694. The number of hydrogen-bond donors (Lipinski definition) is 2. The second-order valence-electron chi connectivity index (χ2n) is 8.86. The van der Waals surface area contributed by atoms with Crippen molar-refractivity contribution in [3.63, 3.8) is 0 Å². The molecule has 2 heterocycles. The van der Waals surface area contributed by atoms with Crippen molar-refractivity contribution in [3.05, 3.63) is 39.7 Å². The first-order valence-electron chi connectivity index (χ1n) is 11.2. The number of alkyl carbamates (subject to hydrolysis) is 1. The molecule has 10 heteroatoms. The number of rotatable bonds is 7. The van der Waals surface area contributed by atoms with E-state index in [2.05, 4.69) is 5.32 Å². The van der Waals surface area contributed by atoms with Crippen molar-refractivity contribution in [1.29, 1.82) is 0 Å². The van der Waals surface area contributed by atoms with Crippen molar-refractivity contribution in [1.82, 2.24) is 9.88 Å². The van der Waals surface area contributed by atoms with E-state index in [9.17, 15) is 19.5 Å². The molecule has 1 aromatic carbocycles. The Morgan fingerprint density at radius 1 is 1.27 bits per heavy atom. The number of ether oxygens (including phenoxy) is 1. The molecule has 178 valence electrons. The number of amides is 1. The van der Waals surface area contributed by atoms with E-state index in [1.54, 1.807) is 0 Å². The van der Waals surface area contributed by atoms with E-state index < -0.39 is 34.7 Å². The largest absolute Gasteiger partial charge is 0.477 e. The molecule has 0 spiro atoms. The number of carboxylic acid groups (broad SMARTS) is 1. The summed E-state index contributed by atoms with van der Waals surface area (Å²) >= 11 is 0. The van der Waals surface area contributed by atoms with Crippen LogP contribution in [0.4, 0.5) is 19.3 Å². The molecule has 33 heavy (non-hydrogen) atoms. The average molecular weight is 463 g/mol. The number of aromatic nitrogens is 1. The third-order valence-electron chi connectivity index (χ3n) is 6.32. The minimum absolute atomic E-state index is 0.0908. The zero-order valence-electron chi connectivity index (χ0n) is 18.6. The Labute approximate surface area is 189 Å². The molecule has 2 aromatic rings. The van der Waals surface area contributed by atoms with E-state index in [-0.39, 0.29) is 41.1 Å². The summed E-state index contributed by atoms with van der Waals surface area (Å²) in [5.41, 5.74) is -1.80. The zero-order valence-corrected chi connectivity index (χ0v) is 18.6. The SMILES string of the molecule is CCCCOC(=O)NC1CN(c2c(F)cc3c(=O)c(C(=O)O)cn(C4CC4)c3c2F)CC1C. The number of fused-ring (bicyclic) bond motifs is 1. The van der Waals surface area contributed by atoms with Gasteiger partial charge in [-0.15, -0.1) is 0 Å². The molecule has 2 aliphatic rings. The van der Waals surface area contributed by atoms with Gasteiger partial charge in [0.05, 0.1) is 23.6 Å². The van der Waals surface area contributed by atoms with Crippen LogP contribution in [0, 0.1) is 17.6 Å². The molecule has 2 unspecified atom stereocenters. The number of anilines is 1. The normalized spacial score (nSPS) is 20.3. The summed E-state index contributed by atoms with van der Waals surface area (Å²) in [6.45, 7) is 4.62. The lowest BCUT2D eigenvalue weighted by Crippen LogP contribution is -2.40. The van der Waals surface area contributed by atoms with Crippen molar-refractivity contribution in [2.45, 2.75) is 51.6 Å². The topological polar surface area (TPSA) is 101 Å². The van der Waals surface area contributed by atoms with Crippen molar-refractivity contribution >= 4 is 28.7 Å². The third kappa shape index (κ3) is 4.38. The number of hydrogen-bond acceptors (Lipinski definition) is 5. The first-order chi connectivity index (χ1) is 15.7. The second kappa shape index (κ2) is 8.99. The maximum absolute atomic E-state index is 15.8. The van der Waals surface area contributed by atoms with E-state index in [1.807, 2.05) is 13.8 Å². The molecule has 0 bridgehead atoms. The molecule has 4 rings (SSSR count). The molecule has 1 aliphatic heterocycles. The Morgan fingerprint density at radius 2 is 2.00 bits per heavy atom. The van der Waals surface area contributed by atoms with E-state index >= 15 is 8.78 Å². The van der Waals surface area contributed by atoms with E-state index in [0.29, 0.717) is 13.2 Å². The number of pyridine rings is 1. The molecule has 1 aromatic heterocycles. The van der Waals surface area contributed by atoms with Gasteiger partial charge in [0.25, 0.3) is 0 Å². The summed E-state index contributed by atoms with van der Waals surface area (Å²) in [5, 5.41) is 11.8. The molecule has 1 saturated heterocycles. The van der Waals surface area contributed by atoms with Crippen molar-refractivity contribution in [2.24, 2.45) is 5.92 Å². The van der Waals surface area contributed by atoms with Crippen LogP contribution in [0.25, 0.3) is 10.9 Å². The van der Waals surface area contributed by atoms with Gasteiger partial charge in [-0.2, -0.15) is 0 Å². The summed E-state index contributed by atoms with van der Waals surface area (Å²) in [6.07, 6.45) is 3.66. The fraction of sp³-hybridized carbons (Fsp3) is 0.522. The number of carboxylic acids is 1. The average Bonchev–Trinajstić information content (AvgIpc) is 3.53. The number of carbonyl (C=O) groups excluding carboxylic acids is 1. The van der Waals surface area contributed by atoms with Gasteiger partial charge in [-0.1, -0.05) is 20.3 Å². The Morgan fingerprint density at radius 3 is 2.64 bits per heavy atom. The van der Waals surface area contributed by atoms with Crippen LogP contribution in [0.3, 0.4) is 0 Å². The standard InChI is InChI=1S/C23H27F2N3O5/c1-3-4-7-33-23(32)26-17-11-27(9-12(17)2)20-16(24)8-14-19(18(20)25)28(13-5-6-13)10-15(21(14)29)22(30)31/h8,10,12-13,17H,3-7,9,11H2,1-2H3,(H,26,32)(H,30,31). The molecule has 2 atom stereocenters. The van der Waals surface area contributed by atoms with Gasteiger partial charge in [0, 0.05) is 25.3 Å². The number of nitrogens with one attached hydrogen (secondary N) is 1. The molecule has 1 aliphatic carbocycles. The highest BCUT2D eigenvalue weighted by molar-refractivity contribution is 5.94. The molecular weight excluding hydrogens is 436 g/mol. The van der Waals surface area contributed by atoms with Crippen LogP contribution in [0.5, 0.6) is 0 Å². The summed E-state index contributed by atoms with van der Waals surface area (Å²) in [7, 11) is 0. The van der Waals surface area contributed by atoms with Crippen LogP contribution in [0.1, 0.15) is 55.9 Å². The van der Waals surface area contributed by atoms with Gasteiger partial charge in [0.2, 0.25) is 5.43 Å². The van der Waals surface area contributed by atoms with Gasteiger partial charge in [-0.3, -0.25) is 4.79 Å². The lowest BCUT2D eigenvalue weighted by Gasteiger charge is -2.22. The summed E-state index contributed by atoms with van der Waals surface area (Å²) in [4.78, 5) is 37.7. The molecule has 0 radical (unpaired) electrons. The van der Waals surface area contributed by atoms with Crippen LogP contribution >= 0.6 is 0 Å². The Kier molecular flexibility index (Phi) is 6.27. The summed E-state index contributed by atoms with van der Waals surface area (Å²) in [6, 6.07) is 0.420. The molecule has 1 amide bonds. The molecular formula is C23H27F2N3O5. The predicted molar refractivity (Wildman–Crippen MR) is 118 cm³/mol. The number of carbonyl (C=O) groups is 2. The smallest absolute Gasteiger partial charge is 0.407 e. The fourth-order valence-corrected chi connectivity index (χ4v) is 4.35. The minimum atomic E-state index is -1.44. The van der Waals surface area contributed by atoms with Crippen molar-refractivity contribution in [2.75, 3.05) is 24.6 Å². The van der Waals surface area contributed by atoms with Gasteiger partial charge in [0.15, 0.2) is 5.82 Å². The van der Waals surface area contributed by atoms with Crippen LogP contribution in [-0.4, -0.2) is 47.5 Å². The van der Waals surface area contributed by atoms with Gasteiger partial charge >= 0.3 is 12.1 Å². The summed E-state index contributed by atoms with van der Waals surface area (Å²) < 4.78 is 37.5. The highest BCUT2D eigenvalue weighted by Crippen LogP contribution is 2.40. The number of nitrogens with zero attached hydrogens (tertiary/aromatic N) is 2. The maximum Gasteiger partial charge on any atom is 0.407 e. The Hall–Kier alpha value is -3.17. The Bertz CT molecular complexity index is 1160. The maximum atomic E-state index is 15.8. The zero-order chi connectivity index (χ0) is 23.9.